The van der Waals surface area contributed by atoms with Crippen molar-refractivity contribution < 1.29 is 29.4 Å². The van der Waals surface area contributed by atoms with Gasteiger partial charge in [-0.15, -0.1) is 0 Å². The zero-order valence-corrected chi connectivity index (χ0v) is 19.6. The molecule has 1 rings (SSSR count). The van der Waals surface area contributed by atoms with Crippen molar-refractivity contribution in [2.45, 2.75) is 65.1 Å². The van der Waals surface area contributed by atoms with Gasteiger partial charge in [-0.1, -0.05) is 46.2 Å². The standard InChI is InChI=1S/C23H36N4O6/c1-5-14(4)20(27-21(31)17(24)11-15-6-8-16(28)9-7-15)23(33)26-18(10-13(2)3)22(32)25-12-19(29)30/h6-9,13-14,17-18,20,28H,5,10-12,24H2,1-4H3,(H,25,32)(H,26,33)(H,27,31)(H,29,30). The average molecular weight is 465 g/mol. The Hall–Kier alpha value is -3.14. The second kappa shape index (κ2) is 13.4. The number of benzene rings is 1. The highest BCUT2D eigenvalue weighted by Gasteiger charge is 2.31. The molecule has 0 saturated heterocycles. The first-order valence-electron chi connectivity index (χ1n) is 11.1. The maximum absolute atomic E-state index is 13.0. The quantitative estimate of drug-likeness (QED) is 0.247. The van der Waals surface area contributed by atoms with Crippen molar-refractivity contribution in [2.24, 2.45) is 17.6 Å². The lowest BCUT2D eigenvalue weighted by Crippen LogP contribution is -2.58. The number of carbonyl (C=O) groups is 4. The highest BCUT2D eigenvalue weighted by molar-refractivity contribution is 5.93. The first-order chi connectivity index (χ1) is 15.4. The Labute approximate surface area is 194 Å². The summed E-state index contributed by atoms with van der Waals surface area (Å²) in [6.45, 7) is 6.87. The van der Waals surface area contributed by atoms with E-state index in [0.717, 1.165) is 5.56 Å². The molecule has 1 aromatic carbocycles. The lowest BCUT2D eigenvalue weighted by Gasteiger charge is -2.28. The Morgan fingerprint density at radius 1 is 0.970 bits per heavy atom. The molecule has 0 radical (unpaired) electrons. The number of carboxylic acids is 1. The van der Waals surface area contributed by atoms with Gasteiger partial charge in [-0.3, -0.25) is 19.2 Å². The molecular weight excluding hydrogens is 428 g/mol. The molecule has 3 amide bonds. The number of phenolic OH excluding ortho intramolecular Hbond substituents is 1. The zero-order valence-electron chi connectivity index (χ0n) is 19.6. The monoisotopic (exact) mass is 464 g/mol. The molecule has 0 aromatic heterocycles. The molecule has 0 aliphatic heterocycles. The molecule has 0 spiro atoms. The number of nitrogens with one attached hydrogen (secondary N) is 3. The van der Waals surface area contributed by atoms with Gasteiger partial charge in [0.15, 0.2) is 0 Å². The summed E-state index contributed by atoms with van der Waals surface area (Å²) >= 11 is 0. The van der Waals surface area contributed by atoms with E-state index >= 15 is 0 Å². The normalized spacial score (nSPS) is 14.6. The zero-order chi connectivity index (χ0) is 25.1. The van der Waals surface area contributed by atoms with Gasteiger partial charge in [0.05, 0.1) is 6.04 Å². The summed E-state index contributed by atoms with van der Waals surface area (Å²) < 4.78 is 0. The van der Waals surface area contributed by atoms with Gasteiger partial charge < -0.3 is 31.9 Å². The maximum atomic E-state index is 13.0. The first kappa shape index (κ1) is 27.9. The highest BCUT2D eigenvalue weighted by atomic mass is 16.4. The van der Waals surface area contributed by atoms with Crippen LogP contribution in [-0.4, -0.2) is 58.6 Å². The van der Waals surface area contributed by atoms with Crippen LogP contribution in [0.15, 0.2) is 24.3 Å². The summed E-state index contributed by atoms with van der Waals surface area (Å²) in [5.74, 6) is -2.92. The van der Waals surface area contributed by atoms with Gasteiger partial charge in [-0.25, -0.2) is 0 Å². The fourth-order valence-electron chi connectivity index (χ4n) is 3.19. The smallest absolute Gasteiger partial charge is 0.322 e. The van der Waals surface area contributed by atoms with Crippen LogP contribution in [0, 0.1) is 11.8 Å². The van der Waals surface area contributed by atoms with Crippen molar-refractivity contribution in [3.8, 4) is 5.75 Å². The Kier molecular flexibility index (Phi) is 11.3. The molecule has 10 nitrogen and oxygen atoms in total. The molecule has 4 unspecified atom stereocenters. The fourth-order valence-corrected chi connectivity index (χ4v) is 3.19. The summed E-state index contributed by atoms with van der Waals surface area (Å²) in [5.41, 5.74) is 6.79. The van der Waals surface area contributed by atoms with E-state index in [0.29, 0.717) is 12.8 Å². The first-order valence-corrected chi connectivity index (χ1v) is 11.1. The summed E-state index contributed by atoms with van der Waals surface area (Å²) in [4.78, 5) is 48.9. The fraction of sp³-hybridized carbons (Fsp3) is 0.565. The van der Waals surface area contributed by atoms with Crippen molar-refractivity contribution in [2.75, 3.05) is 6.54 Å². The number of hydrogen-bond acceptors (Lipinski definition) is 6. The SMILES string of the molecule is CCC(C)C(NC(=O)C(N)Cc1ccc(O)cc1)C(=O)NC(CC(C)C)C(=O)NCC(=O)O. The second-order valence-electron chi connectivity index (χ2n) is 8.65. The number of aliphatic carboxylic acids is 1. The van der Waals surface area contributed by atoms with Crippen LogP contribution >= 0.6 is 0 Å². The molecule has 33 heavy (non-hydrogen) atoms. The van der Waals surface area contributed by atoms with Crippen molar-refractivity contribution in [1.82, 2.24) is 16.0 Å². The molecule has 4 atom stereocenters. The molecule has 1 aromatic rings. The number of carbonyl (C=O) groups excluding carboxylic acids is 3. The Morgan fingerprint density at radius 2 is 1.58 bits per heavy atom. The predicted molar refractivity (Wildman–Crippen MR) is 123 cm³/mol. The topological polar surface area (TPSA) is 171 Å². The van der Waals surface area contributed by atoms with Gasteiger partial charge in [-0.2, -0.15) is 0 Å². The molecular formula is C23H36N4O6. The van der Waals surface area contributed by atoms with E-state index in [1.807, 2.05) is 20.8 Å². The molecule has 7 N–H and O–H groups in total. The van der Waals surface area contributed by atoms with Crippen LogP contribution < -0.4 is 21.7 Å². The third-order valence-electron chi connectivity index (χ3n) is 5.28. The molecule has 0 heterocycles. The number of carboxylic acid groups (broad SMARTS) is 1. The minimum absolute atomic E-state index is 0.0567. The molecule has 0 aliphatic rings. The highest BCUT2D eigenvalue weighted by Crippen LogP contribution is 2.13. The minimum atomic E-state index is -1.19. The minimum Gasteiger partial charge on any atom is -0.508 e. The summed E-state index contributed by atoms with van der Waals surface area (Å²) in [6.07, 6.45) is 1.11. The largest absolute Gasteiger partial charge is 0.508 e. The molecule has 0 saturated carbocycles. The number of nitrogens with two attached hydrogens (primary N) is 1. The lowest BCUT2D eigenvalue weighted by molar-refractivity contribution is -0.138. The molecule has 184 valence electrons. The number of hydrogen-bond donors (Lipinski definition) is 6. The van der Waals surface area contributed by atoms with Gasteiger partial charge in [0.25, 0.3) is 0 Å². The third-order valence-corrected chi connectivity index (χ3v) is 5.28. The van der Waals surface area contributed by atoms with Crippen LogP contribution in [0.3, 0.4) is 0 Å². The van der Waals surface area contributed by atoms with Gasteiger partial charge in [0, 0.05) is 0 Å². The van der Waals surface area contributed by atoms with Crippen LogP contribution in [0.1, 0.15) is 46.1 Å². The van der Waals surface area contributed by atoms with Gasteiger partial charge in [0.2, 0.25) is 17.7 Å². The Morgan fingerprint density at radius 3 is 2.09 bits per heavy atom. The van der Waals surface area contributed by atoms with Crippen LogP contribution in [0.2, 0.25) is 0 Å². The molecule has 0 aliphatic carbocycles. The summed E-state index contributed by atoms with van der Waals surface area (Å²) in [5, 5.41) is 25.8. The molecule has 10 heteroatoms. The predicted octanol–water partition coefficient (Wildman–Crippen LogP) is 0.525. The van der Waals surface area contributed by atoms with E-state index in [-0.39, 0.29) is 24.0 Å². The van der Waals surface area contributed by atoms with Gasteiger partial charge in [-0.05, 0) is 42.4 Å². The van der Waals surface area contributed by atoms with Crippen molar-refractivity contribution >= 4 is 23.7 Å². The number of rotatable bonds is 13. The lowest BCUT2D eigenvalue weighted by atomic mass is 9.96. The van der Waals surface area contributed by atoms with E-state index in [1.165, 1.54) is 12.1 Å². The summed E-state index contributed by atoms with van der Waals surface area (Å²) in [6, 6.07) is 3.54. The third kappa shape index (κ3) is 9.90. The van der Waals surface area contributed by atoms with Crippen LogP contribution in [0.4, 0.5) is 0 Å². The van der Waals surface area contributed by atoms with Gasteiger partial charge >= 0.3 is 5.97 Å². The van der Waals surface area contributed by atoms with Crippen LogP contribution in [0.25, 0.3) is 0 Å². The molecule has 0 bridgehead atoms. The Balaban J connectivity index is 2.89. The number of phenols is 1. The van der Waals surface area contributed by atoms with Crippen LogP contribution in [-0.2, 0) is 25.6 Å². The van der Waals surface area contributed by atoms with Gasteiger partial charge in [0.1, 0.15) is 24.4 Å². The van der Waals surface area contributed by atoms with E-state index in [9.17, 15) is 24.3 Å². The van der Waals surface area contributed by atoms with Crippen molar-refractivity contribution in [3.05, 3.63) is 29.8 Å². The number of aromatic hydroxyl groups is 1. The Bertz CT molecular complexity index is 812. The van der Waals surface area contributed by atoms with E-state index in [4.69, 9.17) is 10.8 Å². The molecule has 0 fully saturated rings. The maximum Gasteiger partial charge on any atom is 0.322 e. The number of amides is 3. The van der Waals surface area contributed by atoms with Crippen molar-refractivity contribution in [1.29, 1.82) is 0 Å². The average Bonchev–Trinajstić information content (AvgIpc) is 2.75. The van der Waals surface area contributed by atoms with E-state index < -0.39 is 48.4 Å². The van der Waals surface area contributed by atoms with E-state index in [1.54, 1.807) is 19.1 Å². The van der Waals surface area contributed by atoms with Crippen molar-refractivity contribution in [3.63, 3.8) is 0 Å². The van der Waals surface area contributed by atoms with E-state index in [2.05, 4.69) is 16.0 Å². The van der Waals surface area contributed by atoms with Crippen LogP contribution in [0.5, 0.6) is 5.75 Å². The summed E-state index contributed by atoms with van der Waals surface area (Å²) in [7, 11) is 0. The second-order valence-corrected chi connectivity index (χ2v) is 8.65.